The van der Waals surface area contributed by atoms with Crippen LogP contribution in [0.4, 0.5) is 0 Å². The lowest BCUT2D eigenvalue weighted by atomic mass is 9.89. The van der Waals surface area contributed by atoms with Crippen molar-refractivity contribution in [2.45, 2.75) is 0 Å². The van der Waals surface area contributed by atoms with Gasteiger partial charge in [0.15, 0.2) is 5.82 Å². The fraction of sp³-hybridized carbons (Fsp3) is 0. The summed E-state index contributed by atoms with van der Waals surface area (Å²) in [7, 11) is 0. The number of hydrogen-bond donors (Lipinski definition) is 0. The van der Waals surface area contributed by atoms with E-state index in [0.717, 1.165) is 39.0 Å². The van der Waals surface area contributed by atoms with Crippen LogP contribution in [-0.2, 0) is 0 Å². The minimum absolute atomic E-state index is 0.699. The molecule has 0 aliphatic heterocycles. The number of fused-ring (bicyclic) bond motifs is 6. The highest BCUT2D eigenvalue weighted by Crippen LogP contribution is 2.42. The Kier molecular flexibility index (Phi) is 9.54. The summed E-state index contributed by atoms with van der Waals surface area (Å²) < 4.78 is 0. The van der Waals surface area contributed by atoms with Crippen molar-refractivity contribution in [1.29, 1.82) is 0 Å². The molecule has 0 fully saturated rings. The van der Waals surface area contributed by atoms with Crippen LogP contribution >= 0.6 is 0 Å². The SMILES string of the molecule is c1ccc(-c2nc(-c3cccc(-c4cccc5ccccc45)c3)cc(-c3ccc(-c4ccc(-c5ccc(-c6c7ccccc7cc7c6ccc6ccccc67)cc5)cc4)c4ccccc34)n2)cc1. The van der Waals surface area contributed by atoms with Crippen LogP contribution in [0, 0.1) is 0 Å². The average Bonchev–Trinajstić information content (AvgIpc) is 3.42. The summed E-state index contributed by atoms with van der Waals surface area (Å²) in [6, 6.07) is 92.0. The molecule has 1 heterocycles. The van der Waals surface area contributed by atoms with Gasteiger partial charge in [-0.05, 0) is 117 Å². The lowest BCUT2D eigenvalue weighted by Gasteiger charge is -2.15. The van der Waals surface area contributed by atoms with Crippen LogP contribution in [0.15, 0.2) is 255 Å². The predicted molar refractivity (Wildman–Crippen MR) is 288 cm³/mol. The fourth-order valence-electron chi connectivity index (χ4n) is 10.3. The van der Waals surface area contributed by atoms with Crippen LogP contribution in [0.2, 0.25) is 0 Å². The van der Waals surface area contributed by atoms with E-state index < -0.39 is 0 Å². The quantitative estimate of drug-likeness (QED) is 0.118. The topological polar surface area (TPSA) is 25.8 Å². The molecule has 0 N–H and O–H groups in total. The van der Waals surface area contributed by atoms with E-state index in [9.17, 15) is 0 Å². The summed E-state index contributed by atoms with van der Waals surface area (Å²) in [5.41, 5.74) is 14.4. The molecule has 0 saturated carbocycles. The summed E-state index contributed by atoms with van der Waals surface area (Å²) in [6.45, 7) is 0. The largest absolute Gasteiger partial charge is 0.228 e. The van der Waals surface area contributed by atoms with E-state index in [2.05, 4.69) is 237 Å². The van der Waals surface area contributed by atoms with E-state index >= 15 is 0 Å². The highest BCUT2D eigenvalue weighted by molar-refractivity contribution is 6.20. The molecule has 13 rings (SSSR count). The zero-order valence-corrected chi connectivity index (χ0v) is 37.1. The first-order valence-electron chi connectivity index (χ1n) is 23.3. The van der Waals surface area contributed by atoms with Crippen molar-refractivity contribution in [2.24, 2.45) is 0 Å². The molecule has 2 nitrogen and oxygen atoms in total. The lowest BCUT2D eigenvalue weighted by Crippen LogP contribution is -1.97. The summed E-state index contributed by atoms with van der Waals surface area (Å²) in [5, 5.41) is 12.4. The predicted octanol–water partition coefficient (Wildman–Crippen LogP) is 17.9. The highest BCUT2D eigenvalue weighted by Gasteiger charge is 2.17. The molecule has 12 aromatic carbocycles. The molecule has 0 unspecified atom stereocenters. The first-order chi connectivity index (χ1) is 33.7. The van der Waals surface area contributed by atoms with Crippen molar-refractivity contribution >= 4 is 53.9 Å². The van der Waals surface area contributed by atoms with Gasteiger partial charge >= 0.3 is 0 Å². The molecule has 0 bridgehead atoms. The first-order valence-corrected chi connectivity index (χ1v) is 23.3. The first kappa shape index (κ1) is 39.4. The number of nitrogens with zero attached hydrogens (tertiary/aromatic N) is 2. The van der Waals surface area contributed by atoms with Crippen LogP contribution in [0.5, 0.6) is 0 Å². The standard InChI is InChI=1S/C66H42N2/c1-2-16-49(17-3-1)66-67-63(52-21-12-20-50(40-52)55-27-13-19-45-14-4-7-22-53(45)55)42-64(68-66)60-39-38-56(58-25-10-11-26-59(58)60)47-32-28-43(29-33-47)44-30-34-48(35-31-44)65-57-24-9-6-18-51(57)41-62-54-23-8-5-15-46(54)36-37-61(62)65/h1-42H. The number of benzene rings is 12. The Morgan fingerprint density at radius 2 is 0.721 bits per heavy atom. The Morgan fingerprint density at radius 1 is 0.206 bits per heavy atom. The van der Waals surface area contributed by atoms with Gasteiger partial charge < -0.3 is 0 Å². The van der Waals surface area contributed by atoms with Gasteiger partial charge in [0.2, 0.25) is 0 Å². The molecule has 0 aliphatic carbocycles. The second-order valence-corrected chi connectivity index (χ2v) is 17.7. The summed E-state index contributed by atoms with van der Waals surface area (Å²) in [6.07, 6.45) is 0. The molecular weight excluding hydrogens is 821 g/mol. The molecule has 0 saturated heterocycles. The van der Waals surface area contributed by atoms with E-state index in [4.69, 9.17) is 9.97 Å². The van der Waals surface area contributed by atoms with Gasteiger partial charge in [0.1, 0.15) is 0 Å². The molecule has 0 spiro atoms. The van der Waals surface area contributed by atoms with E-state index in [-0.39, 0.29) is 0 Å². The number of aromatic nitrogens is 2. The molecule has 68 heavy (non-hydrogen) atoms. The zero-order valence-electron chi connectivity index (χ0n) is 37.1. The Morgan fingerprint density at radius 3 is 1.49 bits per heavy atom. The Hall–Kier alpha value is -8.98. The van der Waals surface area contributed by atoms with Crippen LogP contribution in [-0.4, -0.2) is 9.97 Å². The van der Waals surface area contributed by atoms with Crippen molar-refractivity contribution < 1.29 is 0 Å². The minimum atomic E-state index is 0.699. The molecule has 1 aromatic heterocycles. The number of hydrogen-bond acceptors (Lipinski definition) is 2. The van der Waals surface area contributed by atoms with Gasteiger partial charge in [0.05, 0.1) is 11.4 Å². The van der Waals surface area contributed by atoms with Crippen LogP contribution in [0.3, 0.4) is 0 Å². The molecule has 13 aromatic rings. The molecule has 2 heteroatoms. The van der Waals surface area contributed by atoms with Gasteiger partial charge in [-0.15, -0.1) is 0 Å². The van der Waals surface area contributed by atoms with Gasteiger partial charge in [-0.25, -0.2) is 9.97 Å². The monoisotopic (exact) mass is 862 g/mol. The third-order valence-electron chi connectivity index (χ3n) is 13.7. The maximum absolute atomic E-state index is 5.27. The smallest absolute Gasteiger partial charge is 0.160 e. The fourth-order valence-corrected chi connectivity index (χ4v) is 10.3. The minimum Gasteiger partial charge on any atom is -0.228 e. The van der Waals surface area contributed by atoms with Gasteiger partial charge in [-0.3, -0.25) is 0 Å². The summed E-state index contributed by atoms with van der Waals surface area (Å²) in [4.78, 5) is 10.5. The molecule has 316 valence electrons. The Bertz CT molecular complexity index is 4050. The van der Waals surface area contributed by atoms with Crippen molar-refractivity contribution in [3.05, 3.63) is 255 Å². The third-order valence-corrected chi connectivity index (χ3v) is 13.7. The average molecular weight is 863 g/mol. The second kappa shape index (κ2) is 16.5. The van der Waals surface area contributed by atoms with Gasteiger partial charge in [-0.2, -0.15) is 0 Å². The van der Waals surface area contributed by atoms with E-state index in [0.29, 0.717) is 5.82 Å². The molecular formula is C66H42N2. The van der Waals surface area contributed by atoms with Crippen molar-refractivity contribution in [2.75, 3.05) is 0 Å². The van der Waals surface area contributed by atoms with Crippen molar-refractivity contribution in [3.63, 3.8) is 0 Å². The maximum Gasteiger partial charge on any atom is 0.160 e. The van der Waals surface area contributed by atoms with Gasteiger partial charge in [0.25, 0.3) is 0 Å². The normalized spacial score (nSPS) is 11.5. The molecule has 0 atom stereocenters. The zero-order chi connectivity index (χ0) is 45.0. The summed E-state index contributed by atoms with van der Waals surface area (Å²) in [5.74, 6) is 0.699. The highest BCUT2D eigenvalue weighted by atomic mass is 14.9. The number of rotatable bonds is 7. The van der Waals surface area contributed by atoms with E-state index in [1.165, 1.54) is 87.4 Å². The lowest BCUT2D eigenvalue weighted by molar-refractivity contribution is 1.18. The molecule has 0 amide bonds. The third kappa shape index (κ3) is 6.90. The molecule has 0 radical (unpaired) electrons. The summed E-state index contributed by atoms with van der Waals surface area (Å²) >= 11 is 0. The van der Waals surface area contributed by atoms with Crippen molar-refractivity contribution in [3.8, 4) is 78.4 Å². The van der Waals surface area contributed by atoms with Gasteiger partial charge in [-0.1, -0.05) is 237 Å². The van der Waals surface area contributed by atoms with Gasteiger partial charge in [0, 0.05) is 16.7 Å². The van der Waals surface area contributed by atoms with E-state index in [1.54, 1.807) is 0 Å². The van der Waals surface area contributed by atoms with Crippen LogP contribution in [0.1, 0.15) is 0 Å². The van der Waals surface area contributed by atoms with Crippen molar-refractivity contribution in [1.82, 2.24) is 9.97 Å². The second-order valence-electron chi connectivity index (χ2n) is 17.7. The molecule has 0 aliphatic rings. The van der Waals surface area contributed by atoms with E-state index in [1.807, 2.05) is 18.2 Å². The van der Waals surface area contributed by atoms with Crippen LogP contribution < -0.4 is 0 Å². The maximum atomic E-state index is 5.27. The van der Waals surface area contributed by atoms with Crippen LogP contribution in [0.25, 0.3) is 132 Å². The Labute approximate surface area is 395 Å². The Balaban J connectivity index is 0.858.